The van der Waals surface area contributed by atoms with Crippen LogP contribution in [0.1, 0.15) is 30.9 Å². The number of rotatable bonds is 7. The maximum absolute atomic E-state index is 11.1. The highest BCUT2D eigenvalue weighted by Gasteiger charge is 2.17. The monoisotopic (exact) mass is 348 g/mol. The summed E-state index contributed by atoms with van der Waals surface area (Å²) in [6, 6.07) is 7.90. The van der Waals surface area contributed by atoms with Crippen LogP contribution in [0.3, 0.4) is 0 Å². The number of hydrogen-bond donors (Lipinski definition) is 4. The molecule has 0 fully saturated rings. The van der Waals surface area contributed by atoms with E-state index >= 15 is 0 Å². The van der Waals surface area contributed by atoms with Crippen molar-refractivity contribution in [1.29, 1.82) is 0 Å². The van der Waals surface area contributed by atoms with Gasteiger partial charge in [-0.15, -0.1) is 0 Å². The topological polar surface area (TPSA) is 121 Å². The summed E-state index contributed by atoms with van der Waals surface area (Å²) < 4.78 is 3.87. The van der Waals surface area contributed by atoms with Gasteiger partial charge >= 0.3 is 0 Å². The second-order valence-electron chi connectivity index (χ2n) is 5.51. The summed E-state index contributed by atoms with van der Waals surface area (Å²) in [7, 11) is 0. The van der Waals surface area contributed by atoms with Crippen LogP contribution in [-0.2, 0) is 4.79 Å². The van der Waals surface area contributed by atoms with Crippen molar-refractivity contribution in [3.63, 3.8) is 0 Å². The summed E-state index contributed by atoms with van der Waals surface area (Å²) in [5.41, 5.74) is 8.13. The highest BCUT2D eigenvalue weighted by atomic mass is 32.1. The Morgan fingerprint density at radius 3 is 2.62 bits per heavy atom. The Labute approximate surface area is 144 Å². The van der Waals surface area contributed by atoms with Crippen LogP contribution in [0.25, 0.3) is 0 Å². The molecule has 2 rings (SSSR count). The van der Waals surface area contributed by atoms with Crippen molar-refractivity contribution in [2.75, 3.05) is 18.5 Å². The zero-order chi connectivity index (χ0) is 17.7. The summed E-state index contributed by atoms with van der Waals surface area (Å²) in [6.07, 6.45) is 0. The molecule has 0 amide bonds. The third-order valence-corrected chi connectivity index (χ3v) is 4.12. The Morgan fingerprint density at radius 1 is 1.38 bits per heavy atom. The number of nitrogens with two attached hydrogens (primary N) is 1. The number of aromatic hydroxyl groups is 1. The van der Waals surface area contributed by atoms with Gasteiger partial charge in [-0.1, -0.05) is 26.0 Å². The zero-order valence-corrected chi connectivity index (χ0v) is 14.3. The molecule has 1 heterocycles. The van der Waals surface area contributed by atoms with Gasteiger partial charge in [-0.05, 0) is 35.1 Å². The van der Waals surface area contributed by atoms with Gasteiger partial charge in [0.2, 0.25) is 5.88 Å². The van der Waals surface area contributed by atoms with E-state index < -0.39 is 12.4 Å². The lowest BCUT2D eigenvalue weighted by atomic mass is 10.0. The van der Waals surface area contributed by atoms with Crippen molar-refractivity contribution >= 4 is 33.8 Å². The van der Waals surface area contributed by atoms with Crippen LogP contribution in [0.15, 0.2) is 29.3 Å². The fourth-order valence-corrected chi connectivity index (χ4v) is 2.70. The molecular formula is C16H20N4O3S. The van der Waals surface area contributed by atoms with Crippen molar-refractivity contribution in [2.45, 2.75) is 19.8 Å². The largest absolute Gasteiger partial charge is 0.492 e. The third kappa shape index (κ3) is 4.30. The number of nitrogens with zero attached hydrogens (tertiary/aromatic N) is 2. The first-order valence-electron chi connectivity index (χ1n) is 7.40. The van der Waals surface area contributed by atoms with E-state index in [2.05, 4.69) is 28.5 Å². The standard InChI is InChI=1S/C16H20N4O3S/c1-9(2)10-3-5-11(6-4-10)19-16-13(15(23)20-24-16)14(17)18-7-12(22)8-21/h3-6,9,19,21H,7-8H2,1-2H3,(H2,17,18)(H,20,23). The molecule has 0 atom stereocenters. The third-order valence-electron chi connectivity index (χ3n) is 3.37. The van der Waals surface area contributed by atoms with Crippen LogP contribution >= 0.6 is 11.5 Å². The van der Waals surface area contributed by atoms with Crippen molar-refractivity contribution in [3.05, 3.63) is 35.4 Å². The second kappa shape index (κ2) is 7.89. The average Bonchev–Trinajstić information content (AvgIpc) is 2.93. The highest BCUT2D eigenvalue weighted by molar-refractivity contribution is 7.11. The quantitative estimate of drug-likeness (QED) is 0.448. The van der Waals surface area contributed by atoms with Crippen LogP contribution in [0.5, 0.6) is 5.88 Å². The number of aliphatic hydroxyl groups excluding tert-OH is 1. The van der Waals surface area contributed by atoms with Gasteiger partial charge < -0.3 is 21.3 Å². The number of hydrogen-bond acceptors (Lipinski definition) is 7. The van der Waals surface area contributed by atoms with Crippen LogP contribution in [0, 0.1) is 0 Å². The molecule has 0 bridgehead atoms. The predicted molar refractivity (Wildman–Crippen MR) is 95.3 cm³/mol. The van der Waals surface area contributed by atoms with E-state index in [1.165, 1.54) is 5.56 Å². The predicted octanol–water partition coefficient (Wildman–Crippen LogP) is 1.98. The molecule has 7 nitrogen and oxygen atoms in total. The molecule has 8 heteroatoms. The lowest BCUT2D eigenvalue weighted by molar-refractivity contribution is -0.120. The van der Waals surface area contributed by atoms with Gasteiger partial charge in [-0.25, -0.2) is 0 Å². The molecular weight excluding hydrogens is 328 g/mol. The second-order valence-corrected chi connectivity index (χ2v) is 6.28. The van der Waals surface area contributed by atoms with Gasteiger partial charge in [0.1, 0.15) is 29.6 Å². The number of anilines is 2. The van der Waals surface area contributed by atoms with E-state index in [0.717, 1.165) is 17.2 Å². The molecule has 1 aromatic heterocycles. The van der Waals surface area contributed by atoms with Gasteiger partial charge in [0, 0.05) is 5.69 Å². The van der Waals surface area contributed by atoms with Gasteiger partial charge in [0.05, 0.1) is 0 Å². The van der Waals surface area contributed by atoms with Crippen molar-refractivity contribution in [3.8, 4) is 5.88 Å². The maximum Gasteiger partial charge on any atom is 0.236 e. The van der Waals surface area contributed by atoms with E-state index in [4.69, 9.17) is 10.8 Å². The summed E-state index contributed by atoms with van der Waals surface area (Å²) in [5.74, 6) is -0.281. The van der Waals surface area contributed by atoms with Gasteiger partial charge in [0.25, 0.3) is 0 Å². The minimum Gasteiger partial charge on any atom is -0.492 e. The number of aliphatic imine (C=N–C) groups is 1. The number of nitrogens with one attached hydrogen (secondary N) is 1. The lowest BCUT2D eigenvalue weighted by Crippen LogP contribution is -2.18. The number of benzene rings is 1. The van der Waals surface area contributed by atoms with Crippen molar-refractivity contribution in [2.24, 2.45) is 10.7 Å². The van der Waals surface area contributed by atoms with E-state index in [0.29, 0.717) is 10.9 Å². The molecule has 24 heavy (non-hydrogen) atoms. The van der Waals surface area contributed by atoms with E-state index in [1.54, 1.807) is 0 Å². The van der Waals surface area contributed by atoms with Crippen molar-refractivity contribution < 1.29 is 15.0 Å². The Morgan fingerprint density at radius 2 is 2.04 bits per heavy atom. The number of ketones is 1. The summed E-state index contributed by atoms with van der Waals surface area (Å²) >= 11 is 1.04. The van der Waals surface area contributed by atoms with Crippen LogP contribution in [0.2, 0.25) is 0 Å². The Bertz CT molecular complexity index is 738. The van der Waals surface area contributed by atoms with E-state index in [-0.39, 0.29) is 23.8 Å². The molecule has 5 N–H and O–H groups in total. The molecule has 1 aromatic carbocycles. The summed E-state index contributed by atoms with van der Waals surface area (Å²) in [4.78, 5) is 15.0. The van der Waals surface area contributed by atoms with Gasteiger partial charge in [-0.3, -0.25) is 9.79 Å². The number of Topliss-reactive ketones (excluding diaryl/α,β-unsaturated/α-hetero) is 1. The Balaban J connectivity index is 2.21. The first-order valence-corrected chi connectivity index (χ1v) is 8.18. The number of carbonyl (C=O) groups excluding carboxylic acids is 1. The molecule has 128 valence electrons. The maximum atomic E-state index is 11.1. The summed E-state index contributed by atoms with van der Waals surface area (Å²) in [5, 5.41) is 22.3. The molecule has 0 aliphatic heterocycles. The highest BCUT2D eigenvalue weighted by Crippen LogP contribution is 2.32. The van der Waals surface area contributed by atoms with Crippen LogP contribution < -0.4 is 11.1 Å². The van der Waals surface area contributed by atoms with Crippen molar-refractivity contribution in [1.82, 2.24) is 4.37 Å². The number of amidine groups is 1. The minimum atomic E-state index is -0.599. The molecule has 0 radical (unpaired) electrons. The number of aromatic nitrogens is 1. The molecule has 0 aliphatic carbocycles. The SMILES string of the molecule is CC(C)c1ccc(Nc2snc(O)c2C(N)=NCC(=O)CO)cc1. The first-order chi connectivity index (χ1) is 11.4. The Hall–Kier alpha value is -2.45. The van der Waals surface area contributed by atoms with Crippen LogP contribution in [0.4, 0.5) is 10.7 Å². The van der Waals surface area contributed by atoms with E-state index in [1.807, 2.05) is 24.3 Å². The molecule has 0 saturated heterocycles. The average molecular weight is 348 g/mol. The van der Waals surface area contributed by atoms with Gasteiger partial charge in [0.15, 0.2) is 5.78 Å². The van der Waals surface area contributed by atoms with E-state index in [9.17, 15) is 9.90 Å². The normalized spacial score (nSPS) is 11.8. The molecule has 0 saturated carbocycles. The lowest BCUT2D eigenvalue weighted by Gasteiger charge is -2.09. The molecule has 0 unspecified atom stereocenters. The number of aliphatic hydroxyl groups is 1. The van der Waals surface area contributed by atoms with Gasteiger partial charge in [-0.2, -0.15) is 4.37 Å². The Kier molecular flexibility index (Phi) is 5.88. The first kappa shape index (κ1) is 17.9. The summed E-state index contributed by atoms with van der Waals surface area (Å²) in [6.45, 7) is 3.39. The minimum absolute atomic E-state index is 0.00986. The molecule has 0 spiro atoms. The fourth-order valence-electron chi connectivity index (χ4n) is 1.98. The molecule has 0 aliphatic rings. The fraction of sp³-hybridized carbons (Fsp3) is 0.312. The smallest absolute Gasteiger partial charge is 0.236 e. The molecule has 2 aromatic rings. The zero-order valence-electron chi connectivity index (χ0n) is 13.5. The van der Waals surface area contributed by atoms with Crippen LogP contribution in [-0.4, -0.2) is 39.4 Å². The number of carbonyl (C=O) groups is 1.